The van der Waals surface area contributed by atoms with E-state index in [1.165, 1.54) is 6.42 Å². The van der Waals surface area contributed by atoms with Gasteiger partial charge in [0.25, 0.3) is 0 Å². The number of hydrogen-bond donors (Lipinski definition) is 2. The summed E-state index contributed by atoms with van der Waals surface area (Å²) in [6.45, 7) is 0.474. The molecule has 0 saturated heterocycles. The molecule has 1 unspecified atom stereocenters. The number of rotatable bonds is 7. The first-order valence-electron chi connectivity index (χ1n) is 8.70. The van der Waals surface area contributed by atoms with E-state index in [2.05, 4.69) is 5.32 Å². The van der Waals surface area contributed by atoms with Crippen LogP contribution in [0, 0.1) is 0 Å². The molecule has 0 radical (unpaired) electrons. The zero-order chi connectivity index (χ0) is 18.5. The summed E-state index contributed by atoms with van der Waals surface area (Å²) in [5.41, 5.74) is 6.74. The molecule has 5 nitrogen and oxygen atoms in total. The third kappa shape index (κ3) is 5.69. The van der Waals surface area contributed by atoms with E-state index in [9.17, 15) is 13.2 Å². The van der Waals surface area contributed by atoms with E-state index >= 15 is 0 Å². The van der Waals surface area contributed by atoms with Crippen molar-refractivity contribution in [3.05, 3.63) is 34.9 Å². The predicted octanol–water partition coefficient (Wildman–Crippen LogP) is 2.42. The van der Waals surface area contributed by atoms with Crippen LogP contribution in [-0.4, -0.2) is 38.9 Å². The summed E-state index contributed by atoms with van der Waals surface area (Å²) in [5.74, 6) is -0.391. The number of halogens is 1. The highest BCUT2D eigenvalue weighted by molar-refractivity contribution is 7.90. The van der Waals surface area contributed by atoms with Gasteiger partial charge in [0.05, 0.1) is 11.8 Å². The highest BCUT2D eigenvalue weighted by Crippen LogP contribution is 2.41. The summed E-state index contributed by atoms with van der Waals surface area (Å²) < 4.78 is 22.5. The first kappa shape index (κ1) is 20.2. The van der Waals surface area contributed by atoms with Crippen LogP contribution in [0.25, 0.3) is 0 Å². The van der Waals surface area contributed by atoms with Gasteiger partial charge in [-0.15, -0.1) is 0 Å². The normalized spacial score (nSPS) is 18.5. The molecule has 0 spiro atoms. The van der Waals surface area contributed by atoms with Gasteiger partial charge in [-0.25, -0.2) is 8.42 Å². The van der Waals surface area contributed by atoms with Gasteiger partial charge in [-0.3, -0.25) is 4.79 Å². The van der Waals surface area contributed by atoms with Crippen LogP contribution in [0.2, 0.25) is 5.02 Å². The Morgan fingerprint density at radius 3 is 2.52 bits per heavy atom. The second-order valence-corrected chi connectivity index (χ2v) is 9.73. The van der Waals surface area contributed by atoms with E-state index in [-0.39, 0.29) is 23.5 Å². The molecule has 0 aromatic heterocycles. The molecule has 0 heterocycles. The minimum absolute atomic E-state index is 0.0861. The largest absolute Gasteiger partial charge is 0.354 e. The van der Waals surface area contributed by atoms with Gasteiger partial charge in [0.15, 0.2) is 0 Å². The number of sulfone groups is 1. The molecule has 1 aliphatic rings. The minimum Gasteiger partial charge on any atom is -0.354 e. The Balaban J connectivity index is 2.06. The monoisotopic (exact) mass is 386 g/mol. The van der Waals surface area contributed by atoms with Crippen LogP contribution in [0.5, 0.6) is 0 Å². The summed E-state index contributed by atoms with van der Waals surface area (Å²) >= 11 is 6.42. The second kappa shape index (κ2) is 8.52. The van der Waals surface area contributed by atoms with E-state index in [4.69, 9.17) is 17.3 Å². The first-order valence-corrected chi connectivity index (χ1v) is 11.1. The van der Waals surface area contributed by atoms with Crippen molar-refractivity contribution in [2.24, 2.45) is 5.73 Å². The summed E-state index contributed by atoms with van der Waals surface area (Å²) in [7, 11) is -3.13. The SMILES string of the molecule is CS(=O)(=O)CCC(N)C(=O)NCC1(c2ccccc2Cl)CCCCC1. The molecule has 1 aromatic carbocycles. The zero-order valence-electron chi connectivity index (χ0n) is 14.6. The quantitative estimate of drug-likeness (QED) is 0.753. The number of amides is 1. The molecule has 1 fully saturated rings. The fourth-order valence-corrected chi connectivity index (χ4v) is 4.54. The molecule has 0 aliphatic heterocycles. The Hall–Kier alpha value is -1.11. The van der Waals surface area contributed by atoms with Gasteiger partial charge in [-0.05, 0) is 30.9 Å². The molecule has 1 atom stereocenters. The third-order valence-electron chi connectivity index (χ3n) is 4.99. The number of benzene rings is 1. The molecule has 140 valence electrons. The lowest BCUT2D eigenvalue weighted by molar-refractivity contribution is -0.122. The predicted molar refractivity (Wildman–Crippen MR) is 102 cm³/mol. The van der Waals surface area contributed by atoms with Crippen molar-refractivity contribution < 1.29 is 13.2 Å². The average Bonchev–Trinajstić information content (AvgIpc) is 2.58. The fraction of sp³-hybridized carbons (Fsp3) is 0.611. The van der Waals surface area contributed by atoms with E-state index in [0.717, 1.165) is 42.5 Å². The van der Waals surface area contributed by atoms with Gasteiger partial charge in [-0.1, -0.05) is 49.1 Å². The molecule has 1 saturated carbocycles. The lowest BCUT2D eigenvalue weighted by atomic mass is 9.69. The third-order valence-corrected chi connectivity index (χ3v) is 6.30. The topological polar surface area (TPSA) is 89.3 Å². The lowest BCUT2D eigenvalue weighted by Crippen LogP contribution is -2.48. The van der Waals surface area contributed by atoms with E-state index in [0.29, 0.717) is 6.54 Å². The van der Waals surface area contributed by atoms with Gasteiger partial charge in [-0.2, -0.15) is 0 Å². The minimum atomic E-state index is -3.13. The molecule has 3 N–H and O–H groups in total. The van der Waals surface area contributed by atoms with Gasteiger partial charge in [0.2, 0.25) is 5.91 Å². The molecule has 1 aliphatic carbocycles. The van der Waals surface area contributed by atoms with Crippen molar-refractivity contribution in [1.82, 2.24) is 5.32 Å². The van der Waals surface area contributed by atoms with Gasteiger partial charge >= 0.3 is 0 Å². The summed E-state index contributed by atoms with van der Waals surface area (Å²) in [4.78, 5) is 12.3. The molecule has 25 heavy (non-hydrogen) atoms. The Morgan fingerprint density at radius 2 is 1.92 bits per heavy atom. The Kier molecular flexibility index (Phi) is 6.88. The van der Waals surface area contributed by atoms with Crippen molar-refractivity contribution in [3.8, 4) is 0 Å². The Labute approximate surface area is 155 Å². The number of carbonyl (C=O) groups excluding carboxylic acids is 1. The van der Waals surface area contributed by atoms with Crippen LogP contribution in [-0.2, 0) is 20.0 Å². The van der Waals surface area contributed by atoms with Gasteiger partial charge in [0, 0.05) is 23.2 Å². The molecule has 1 amide bonds. The van der Waals surface area contributed by atoms with E-state index in [1.807, 2.05) is 24.3 Å². The molecular formula is C18H27ClN2O3S. The summed E-state index contributed by atoms with van der Waals surface area (Å²) in [5, 5.41) is 3.66. The van der Waals surface area contributed by atoms with Crippen LogP contribution in [0.15, 0.2) is 24.3 Å². The van der Waals surface area contributed by atoms with Crippen LogP contribution in [0.1, 0.15) is 44.1 Å². The van der Waals surface area contributed by atoms with Crippen molar-refractivity contribution in [2.75, 3.05) is 18.6 Å². The van der Waals surface area contributed by atoms with Crippen LogP contribution in [0.4, 0.5) is 0 Å². The van der Waals surface area contributed by atoms with Crippen LogP contribution < -0.4 is 11.1 Å². The maximum atomic E-state index is 12.3. The van der Waals surface area contributed by atoms with Gasteiger partial charge in [0.1, 0.15) is 9.84 Å². The smallest absolute Gasteiger partial charge is 0.236 e. The molecule has 2 rings (SSSR count). The first-order chi connectivity index (χ1) is 11.7. The van der Waals surface area contributed by atoms with Crippen molar-refractivity contribution in [1.29, 1.82) is 0 Å². The zero-order valence-corrected chi connectivity index (χ0v) is 16.2. The lowest BCUT2D eigenvalue weighted by Gasteiger charge is -2.39. The molecule has 7 heteroatoms. The molecule has 0 bridgehead atoms. The van der Waals surface area contributed by atoms with Crippen molar-refractivity contribution in [3.63, 3.8) is 0 Å². The number of nitrogens with one attached hydrogen (secondary N) is 1. The molecular weight excluding hydrogens is 360 g/mol. The Morgan fingerprint density at radius 1 is 1.28 bits per heavy atom. The standard InChI is InChI=1S/C18H27ClN2O3S/c1-25(23,24)12-9-16(20)17(22)21-13-18(10-5-2-6-11-18)14-7-3-4-8-15(14)19/h3-4,7-8,16H,2,5-6,9-13,20H2,1H3,(H,21,22). The van der Waals surface area contributed by atoms with Crippen molar-refractivity contribution >= 4 is 27.3 Å². The highest BCUT2D eigenvalue weighted by atomic mass is 35.5. The number of nitrogens with two attached hydrogens (primary N) is 1. The van der Waals surface area contributed by atoms with Crippen LogP contribution >= 0.6 is 11.6 Å². The Bertz CT molecular complexity index is 700. The maximum Gasteiger partial charge on any atom is 0.236 e. The van der Waals surface area contributed by atoms with Crippen LogP contribution in [0.3, 0.4) is 0 Å². The van der Waals surface area contributed by atoms with Crippen molar-refractivity contribution in [2.45, 2.75) is 50.0 Å². The number of carbonyl (C=O) groups is 1. The average molecular weight is 387 g/mol. The fourth-order valence-electron chi connectivity index (χ4n) is 3.52. The highest BCUT2D eigenvalue weighted by Gasteiger charge is 2.36. The number of hydrogen-bond acceptors (Lipinski definition) is 4. The summed E-state index contributed by atoms with van der Waals surface area (Å²) in [6.07, 6.45) is 6.59. The summed E-state index contributed by atoms with van der Waals surface area (Å²) in [6, 6.07) is 6.97. The maximum absolute atomic E-state index is 12.3. The second-order valence-electron chi connectivity index (χ2n) is 7.06. The van der Waals surface area contributed by atoms with E-state index < -0.39 is 15.9 Å². The van der Waals surface area contributed by atoms with E-state index in [1.54, 1.807) is 0 Å². The molecule has 1 aromatic rings. The van der Waals surface area contributed by atoms with Gasteiger partial charge < -0.3 is 11.1 Å².